The van der Waals surface area contributed by atoms with Gasteiger partial charge in [-0.1, -0.05) is 11.6 Å². The van der Waals surface area contributed by atoms with Crippen LogP contribution in [0, 0.1) is 6.92 Å². The van der Waals surface area contributed by atoms with Crippen molar-refractivity contribution >= 4 is 11.0 Å². The van der Waals surface area contributed by atoms with Gasteiger partial charge in [0.1, 0.15) is 17.1 Å². The fourth-order valence-electron chi connectivity index (χ4n) is 2.40. The zero-order valence-electron chi connectivity index (χ0n) is 11.6. The number of nitrogens with two attached hydrogens (primary N) is 1. The summed E-state index contributed by atoms with van der Waals surface area (Å²) in [5.74, 6) is 1.66. The van der Waals surface area contributed by atoms with Gasteiger partial charge in [0.25, 0.3) is 0 Å². The summed E-state index contributed by atoms with van der Waals surface area (Å²) < 4.78 is 11.2. The molecule has 1 aromatic heterocycles. The lowest BCUT2D eigenvalue weighted by molar-refractivity contribution is 0.410. The Hall–Kier alpha value is -2.26. The van der Waals surface area contributed by atoms with Crippen molar-refractivity contribution in [2.75, 3.05) is 7.11 Å². The topological polar surface area (TPSA) is 48.4 Å². The molecule has 3 aromatic rings. The van der Waals surface area contributed by atoms with E-state index in [0.717, 1.165) is 33.6 Å². The van der Waals surface area contributed by atoms with Crippen LogP contribution < -0.4 is 10.5 Å². The highest BCUT2D eigenvalue weighted by molar-refractivity contribution is 5.83. The average molecular weight is 267 g/mol. The monoisotopic (exact) mass is 267 g/mol. The molecule has 0 bridgehead atoms. The Morgan fingerprint density at radius 1 is 1.10 bits per heavy atom. The van der Waals surface area contributed by atoms with Gasteiger partial charge in [-0.05, 0) is 43.3 Å². The second kappa shape index (κ2) is 5.02. The fourth-order valence-corrected chi connectivity index (χ4v) is 2.40. The lowest BCUT2D eigenvalue weighted by Crippen LogP contribution is -1.99. The van der Waals surface area contributed by atoms with Crippen molar-refractivity contribution in [2.45, 2.75) is 13.5 Å². The molecule has 1 heterocycles. The van der Waals surface area contributed by atoms with E-state index in [1.54, 1.807) is 7.11 Å². The summed E-state index contributed by atoms with van der Waals surface area (Å²) in [4.78, 5) is 0. The molecule has 0 spiro atoms. The molecule has 3 rings (SSSR count). The number of benzene rings is 2. The molecule has 20 heavy (non-hydrogen) atoms. The Labute approximate surface area is 118 Å². The van der Waals surface area contributed by atoms with Crippen LogP contribution in [0.5, 0.6) is 5.75 Å². The molecule has 2 aromatic carbocycles. The van der Waals surface area contributed by atoms with Crippen molar-refractivity contribution in [1.82, 2.24) is 0 Å². The van der Waals surface area contributed by atoms with Crippen LogP contribution >= 0.6 is 0 Å². The van der Waals surface area contributed by atoms with E-state index in [1.807, 2.05) is 24.3 Å². The first-order chi connectivity index (χ1) is 9.71. The van der Waals surface area contributed by atoms with Gasteiger partial charge in [-0.2, -0.15) is 0 Å². The predicted molar refractivity (Wildman–Crippen MR) is 80.8 cm³/mol. The van der Waals surface area contributed by atoms with E-state index in [2.05, 4.69) is 25.1 Å². The highest BCUT2D eigenvalue weighted by Crippen LogP contribution is 2.31. The number of aryl methyl sites for hydroxylation is 1. The highest BCUT2D eigenvalue weighted by atomic mass is 16.5. The first kappa shape index (κ1) is 12.8. The molecule has 0 radical (unpaired) electrons. The van der Waals surface area contributed by atoms with Crippen LogP contribution in [0.15, 0.2) is 46.9 Å². The SMILES string of the molecule is COc1ccc(-c2cc3cc(C)ccc3o2)cc1CN. The van der Waals surface area contributed by atoms with Crippen molar-refractivity contribution < 1.29 is 9.15 Å². The van der Waals surface area contributed by atoms with Crippen molar-refractivity contribution in [2.24, 2.45) is 5.73 Å². The van der Waals surface area contributed by atoms with E-state index in [4.69, 9.17) is 14.9 Å². The minimum atomic E-state index is 0.441. The number of rotatable bonds is 3. The van der Waals surface area contributed by atoms with Gasteiger partial charge in [-0.3, -0.25) is 0 Å². The van der Waals surface area contributed by atoms with Gasteiger partial charge < -0.3 is 14.9 Å². The molecule has 102 valence electrons. The minimum absolute atomic E-state index is 0.441. The maximum absolute atomic E-state index is 5.90. The van der Waals surface area contributed by atoms with Crippen LogP contribution in [-0.2, 0) is 6.54 Å². The molecule has 2 N–H and O–H groups in total. The average Bonchev–Trinajstić information content (AvgIpc) is 2.89. The van der Waals surface area contributed by atoms with E-state index in [9.17, 15) is 0 Å². The summed E-state index contributed by atoms with van der Waals surface area (Å²) >= 11 is 0. The standard InChI is InChI=1S/C17H17NO2/c1-11-3-5-16-13(7-11)9-17(20-16)12-4-6-15(19-2)14(8-12)10-18/h3-9H,10,18H2,1-2H3. The maximum atomic E-state index is 5.90. The van der Waals surface area contributed by atoms with Crippen LogP contribution in [0.1, 0.15) is 11.1 Å². The zero-order chi connectivity index (χ0) is 14.1. The third-order valence-corrected chi connectivity index (χ3v) is 3.46. The Bertz CT molecular complexity index is 759. The molecule has 3 nitrogen and oxygen atoms in total. The summed E-state index contributed by atoms with van der Waals surface area (Å²) in [5.41, 5.74) is 9.87. The number of fused-ring (bicyclic) bond motifs is 1. The molecule has 0 atom stereocenters. The van der Waals surface area contributed by atoms with Gasteiger partial charge in [0.2, 0.25) is 0 Å². The van der Waals surface area contributed by atoms with Crippen LogP contribution in [0.25, 0.3) is 22.3 Å². The van der Waals surface area contributed by atoms with Crippen molar-refractivity contribution in [3.05, 3.63) is 53.6 Å². The largest absolute Gasteiger partial charge is 0.496 e. The molecule has 0 aliphatic rings. The second-order valence-corrected chi connectivity index (χ2v) is 4.88. The van der Waals surface area contributed by atoms with Gasteiger partial charge in [0.05, 0.1) is 7.11 Å². The van der Waals surface area contributed by atoms with Gasteiger partial charge in [-0.25, -0.2) is 0 Å². The van der Waals surface area contributed by atoms with Gasteiger partial charge in [0.15, 0.2) is 0 Å². The number of ether oxygens (including phenoxy) is 1. The van der Waals surface area contributed by atoms with E-state index in [1.165, 1.54) is 5.56 Å². The number of hydrogen-bond donors (Lipinski definition) is 1. The Kier molecular flexibility index (Phi) is 3.20. The summed E-state index contributed by atoms with van der Waals surface area (Å²) in [5, 5.41) is 1.12. The zero-order valence-corrected chi connectivity index (χ0v) is 11.6. The first-order valence-corrected chi connectivity index (χ1v) is 6.59. The van der Waals surface area contributed by atoms with Crippen molar-refractivity contribution in [1.29, 1.82) is 0 Å². The molecule has 0 unspecified atom stereocenters. The lowest BCUT2D eigenvalue weighted by atomic mass is 10.1. The first-order valence-electron chi connectivity index (χ1n) is 6.59. The molecule has 3 heteroatoms. The minimum Gasteiger partial charge on any atom is -0.496 e. The van der Waals surface area contributed by atoms with Gasteiger partial charge in [-0.15, -0.1) is 0 Å². The van der Waals surface area contributed by atoms with Crippen molar-refractivity contribution in [3.63, 3.8) is 0 Å². The molecule has 0 aliphatic heterocycles. The Morgan fingerprint density at radius 2 is 1.95 bits per heavy atom. The Morgan fingerprint density at radius 3 is 2.70 bits per heavy atom. The predicted octanol–water partition coefficient (Wildman–Crippen LogP) is 3.88. The number of methoxy groups -OCH3 is 1. The number of furan rings is 1. The molecule has 0 amide bonds. The van der Waals surface area contributed by atoms with Crippen molar-refractivity contribution in [3.8, 4) is 17.1 Å². The van der Waals surface area contributed by atoms with Gasteiger partial charge in [0, 0.05) is 23.1 Å². The summed E-state index contributed by atoms with van der Waals surface area (Å²) in [6, 6.07) is 14.2. The Balaban J connectivity index is 2.10. The summed E-state index contributed by atoms with van der Waals surface area (Å²) in [6.45, 7) is 2.52. The van der Waals surface area contributed by atoms with Crippen LogP contribution in [0.4, 0.5) is 0 Å². The van der Waals surface area contributed by atoms with E-state index in [0.29, 0.717) is 6.54 Å². The summed E-state index contributed by atoms with van der Waals surface area (Å²) in [7, 11) is 1.65. The van der Waals surface area contributed by atoms with Gasteiger partial charge >= 0.3 is 0 Å². The third kappa shape index (κ3) is 2.17. The van der Waals surface area contributed by atoms with E-state index >= 15 is 0 Å². The van der Waals surface area contributed by atoms with Crippen LogP contribution in [0.3, 0.4) is 0 Å². The van der Waals surface area contributed by atoms with Crippen LogP contribution in [0.2, 0.25) is 0 Å². The van der Waals surface area contributed by atoms with Crippen LogP contribution in [-0.4, -0.2) is 7.11 Å². The third-order valence-electron chi connectivity index (χ3n) is 3.46. The molecule has 0 aliphatic carbocycles. The lowest BCUT2D eigenvalue weighted by Gasteiger charge is -2.07. The number of hydrogen-bond acceptors (Lipinski definition) is 3. The molecule has 0 saturated carbocycles. The molecular formula is C17H17NO2. The fraction of sp³-hybridized carbons (Fsp3) is 0.176. The smallest absolute Gasteiger partial charge is 0.135 e. The second-order valence-electron chi connectivity index (χ2n) is 4.88. The molecular weight excluding hydrogens is 250 g/mol. The van der Waals surface area contributed by atoms with E-state index in [-0.39, 0.29) is 0 Å². The molecule has 0 saturated heterocycles. The summed E-state index contributed by atoms with van der Waals surface area (Å²) in [6.07, 6.45) is 0. The quantitative estimate of drug-likeness (QED) is 0.783. The van der Waals surface area contributed by atoms with E-state index < -0.39 is 0 Å². The maximum Gasteiger partial charge on any atom is 0.135 e. The highest BCUT2D eigenvalue weighted by Gasteiger charge is 2.09. The molecule has 0 fully saturated rings. The normalized spacial score (nSPS) is 10.9.